The zero-order valence-corrected chi connectivity index (χ0v) is 58.9. The molecule has 0 spiro atoms. The van der Waals surface area contributed by atoms with E-state index in [4.69, 9.17) is 33.2 Å². The molecule has 6 unspecified atom stereocenters. The number of aliphatic hydroxyl groups is 9. The number of nitrogens with one attached hydrogen (secondary N) is 8. The highest BCUT2D eigenvalue weighted by Gasteiger charge is 2.45. The van der Waals surface area contributed by atoms with Crippen molar-refractivity contribution in [3.8, 4) is 0 Å². The third-order valence-electron chi connectivity index (χ3n) is 18.1. The molecule has 0 saturated carbocycles. The lowest BCUT2D eigenvalue weighted by molar-refractivity contribution is -0.282. The number of hydrogen-bond donors (Lipinski definition) is 17. The Hall–Kier alpha value is -4.88. The van der Waals surface area contributed by atoms with Crippen molar-refractivity contribution in [2.75, 3.05) is 99.2 Å². The van der Waals surface area contributed by atoms with E-state index >= 15 is 0 Å². The molecule has 32 heteroatoms. The Labute approximate surface area is 582 Å². The van der Waals surface area contributed by atoms with Crippen molar-refractivity contribution in [1.82, 2.24) is 42.5 Å². The van der Waals surface area contributed by atoms with Crippen LogP contribution in [0.2, 0.25) is 0 Å². The Kier molecular flexibility index (Phi) is 45.8. The van der Waals surface area contributed by atoms with Gasteiger partial charge in [0.1, 0.15) is 36.6 Å². The van der Waals surface area contributed by atoms with Crippen molar-refractivity contribution in [1.29, 1.82) is 0 Å². The molecule has 3 fully saturated rings. The monoisotopic (exact) mass is 1420 g/mol. The van der Waals surface area contributed by atoms with Gasteiger partial charge in [-0.2, -0.15) is 0 Å². The van der Waals surface area contributed by atoms with E-state index in [0.29, 0.717) is 70.9 Å². The van der Waals surface area contributed by atoms with E-state index < -0.39 is 123 Å². The molecular formula is C67H122N8O24. The summed E-state index contributed by atoms with van der Waals surface area (Å²) in [6.07, 6.45) is -4.46. The fraction of sp³-hybridized carbons (Fsp3) is 0.881. The van der Waals surface area contributed by atoms with Crippen molar-refractivity contribution in [3.63, 3.8) is 0 Å². The first-order chi connectivity index (χ1) is 47.5. The highest BCUT2D eigenvalue weighted by atomic mass is 16.7. The van der Waals surface area contributed by atoms with Crippen LogP contribution < -0.4 is 42.5 Å². The van der Waals surface area contributed by atoms with Crippen LogP contribution in [0.1, 0.15) is 181 Å². The van der Waals surface area contributed by atoms with Gasteiger partial charge >= 0.3 is 0 Å². The maximum Gasteiger partial charge on any atom is 0.220 e. The zero-order valence-electron chi connectivity index (χ0n) is 58.9. The third-order valence-corrected chi connectivity index (χ3v) is 18.1. The van der Waals surface area contributed by atoms with Gasteiger partial charge in [-0.1, -0.05) is 33.6 Å². The number of hydrogen-bond acceptors (Lipinski definition) is 24. The Morgan fingerprint density at radius 2 is 0.586 bits per heavy atom. The van der Waals surface area contributed by atoms with Gasteiger partial charge < -0.3 is 122 Å². The second-order valence-corrected chi connectivity index (χ2v) is 26.3. The van der Waals surface area contributed by atoms with Crippen LogP contribution in [0.4, 0.5) is 0 Å². The van der Waals surface area contributed by atoms with Gasteiger partial charge in [0.2, 0.25) is 47.3 Å². The van der Waals surface area contributed by atoms with Crippen LogP contribution in [-0.4, -0.2) is 272 Å². The number of rotatable bonds is 54. The smallest absolute Gasteiger partial charge is 0.220 e. The van der Waals surface area contributed by atoms with E-state index in [1.54, 1.807) is 27.9 Å². The summed E-state index contributed by atoms with van der Waals surface area (Å²) in [6, 6.07) is 0. The average molecular weight is 1420 g/mol. The Bertz CT molecular complexity index is 2090. The third kappa shape index (κ3) is 35.7. The molecule has 3 saturated heterocycles. The lowest BCUT2D eigenvalue weighted by atomic mass is 9.82. The number of amides is 8. The summed E-state index contributed by atoms with van der Waals surface area (Å²) in [5.41, 5.74) is -1.28. The number of aliphatic hydroxyl groups excluding tert-OH is 9. The molecule has 0 bridgehead atoms. The molecule has 3 rings (SSSR count). The van der Waals surface area contributed by atoms with Crippen LogP contribution in [0.15, 0.2) is 0 Å². The van der Waals surface area contributed by atoms with Crippen LogP contribution in [-0.2, 0) is 71.5 Å². The SMILES string of the molecule is COCCCCCCNC(=O)CCCC(=O)NC(CCC(=O)NCCCNC(=O)CCCCO[C@@H]1OC(CO)[C@H](O)[C@H](O)C1C)(CCC(=O)NCCCNC(=O)CCCCO[C@@H]1OC(CO)[C@H](O)[C@H](O)C1C)CCC(=O)NCCCNC(=O)CCCCO[C@@H]1OC(CO)[C@H](O)[C@H](O)C1C. The van der Waals surface area contributed by atoms with Crippen molar-refractivity contribution in [2.24, 2.45) is 17.8 Å². The number of carbonyl (C=O) groups is 8. The fourth-order valence-corrected chi connectivity index (χ4v) is 11.6. The molecule has 0 aliphatic carbocycles. The number of unbranched alkanes of at least 4 members (excludes halogenated alkanes) is 6. The maximum atomic E-state index is 13.9. The van der Waals surface area contributed by atoms with E-state index in [1.807, 2.05) is 0 Å². The summed E-state index contributed by atoms with van der Waals surface area (Å²) in [4.78, 5) is 105. The van der Waals surface area contributed by atoms with Crippen LogP contribution in [0.5, 0.6) is 0 Å². The standard InChI is InChI=1S/C67H122N8O24/c1-44-58(87)61(90)47(41-76)97-64(44)94-38-12-7-19-50(79)69-31-16-34-72-54(83)24-27-67(75-57(86)23-15-22-53(82)68-30-10-5-6-11-37-93-4,28-25-55(84)73-35-17-32-70-51(80)20-8-13-39-95-65-45(2)59(88)62(91)48(42-77)98-65)29-26-56(85)74-36-18-33-71-52(81)21-9-14-40-96-66-46(3)60(89)63(92)49(43-78)99-66/h44-49,58-66,76-78,87-92H,5-43H2,1-4H3,(H,68,82)(H,69,79)(H,70,80)(H,71,81)(H,72,83)(H,73,84)(H,74,85)(H,75,86)/t44?,45?,46?,47?,48?,49?,58-,59-,60-,61+,62+,63+,64-,65-,66-,67?/m1/s1. The predicted molar refractivity (Wildman–Crippen MR) is 358 cm³/mol. The summed E-state index contributed by atoms with van der Waals surface area (Å²) < 4.78 is 39.1. The number of carbonyl (C=O) groups excluding carboxylic acids is 8. The summed E-state index contributed by atoms with van der Waals surface area (Å²) >= 11 is 0. The van der Waals surface area contributed by atoms with Gasteiger partial charge in [-0.05, 0) is 96.3 Å². The molecule has 8 amide bonds. The van der Waals surface area contributed by atoms with Gasteiger partial charge in [-0.3, -0.25) is 38.4 Å². The van der Waals surface area contributed by atoms with Crippen LogP contribution >= 0.6 is 0 Å². The van der Waals surface area contributed by atoms with Gasteiger partial charge in [0.15, 0.2) is 18.9 Å². The summed E-state index contributed by atoms with van der Waals surface area (Å²) in [7, 11) is 1.65. The highest BCUT2D eigenvalue weighted by Crippen LogP contribution is 2.31. The molecular weight excluding hydrogens is 1300 g/mol. The molecule has 32 nitrogen and oxygen atoms in total. The Balaban J connectivity index is 1.58. The topological polar surface area (TPSA) is 479 Å². The van der Waals surface area contributed by atoms with E-state index in [0.717, 1.165) is 25.7 Å². The molecule has 3 aliphatic rings. The lowest BCUT2D eigenvalue weighted by Crippen LogP contribution is -2.55. The van der Waals surface area contributed by atoms with E-state index in [1.165, 1.54) is 0 Å². The minimum Gasteiger partial charge on any atom is -0.394 e. The Morgan fingerprint density at radius 3 is 0.889 bits per heavy atom. The molecule has 17 N–H and O–H groups in total. The first kappa shape index (κ1) is 88.3. The number of ether oxygens (including phenoxy) is 7. The van der Waals surface area contributed by atoms with Crippen LogP contribution in [0.3, 0.4) is 0 Å². The first-order valence-corrected chi connectivity index (χ1v) is 35.9. The second-order valence-electron chi connectivity index (χ2n) is 26.3. The number of methoxy groups -OCH3 is 1. The quantitative estimate of drug-likeness (QED) is 0.0303. The van der Waals surface area contributed by atoms with Gasteiger partial charge in [0.05, 0.1) is 38.1 Å². The van der Waals surface area contributed by atoms with Crippen molar-refractivity contribution < 1.29 is 117 Å². The zero-order chi connectivity index (χ0) is 73.0. The van der Waals surface area contributed by atoms with Gasteiger partial charge in [-0.25, -0.2) is 0 Å². The Morgan fingerprint density at radius 1 is 0.323 bits per heavy atom. The van der Waals surface area contributed by atoms with Gasteiger partial charge in [0, 0.05) is 154 Å². The first-order valence-electron chi connectivity index (χ1n) is 35.9. The van der Waals surface area contributed by atoms with Gasteiger partial charge in [-0.15, -0.1) is 0 Å². The molecule has 99 heavy (non-hydrogen) atoms. The molecule has 0 aromatic rings. The van der Waals surface area contributed by atoms with E-state index in [2.05, 4.69) is 42.5 Å². The van der Waals surface area contributed by atoms with Crippen LogP contribution in [0, 0.1) is 17.8 Å². The maximum absolute atomic E-state index is 13.9. The van der Waals surface area contributed by atoms with E-state index in [9.17, 15) is 84.3 Å². The minimum atomic E-state index is -1.28. The fourth-order valence-electron chi connectivity index (χ4n) is 11.6. The van der Waals surface area contributed by atoms with Crippen molar-refractivity contribution >= 4 is 47.3 Å². The van der Waals surface area contributed by atoms with Crippen molar-refractivity contribution in [3.05, 3.63) is 0 Å². The molecule has 3 heterocycles. The van der Waals surface area contributed by atoms with Crippen molar-refractivity contribution in [2.45, 2.75) is 261 Å². The molecule has 3 aliphatic heterocycles. The lowest BCUT2D eigenvalue weighted by Gasteiger charge is -2.40. The molecule has 574 valence electrons. The molecule has 0 radical (unpaired) electrons. The summed E-state index contributed by atoms with van der Waals surface area (Å²) in [6.45, 7) is 6.67. The highest BCUT2D eigenvalue weighted by molar-refractivity contribution is 5.81. The molecule has 0 aromatic carbocycles. The van der Waals surface area contributed by atoms with Gasteiger partial charge in [0.25, 0.3) is 0 Å². The normalized spacial score (nSPS) is 25.9. The van der Waals surface area contributed by atoms with E-state index in [-0.39, 0.29) is 177 Å². The second kappa shape index (κ2) is 51.3. The summed E-state index contributed by atoms with van der Waals surface area (Å²) in [5, 5.41) is 113. The predicted octanol–water partition coefficient (Wildman–Crippen LogP) is -1.67. The summed E-state index contributed by atoms with van der Waals surface area (Å²) in [5.74, 6) is -4.08. The molecule has 0 aromatic heterocycles. The largest absolute Gasteiger partial charge is 0.394 e. The van der Waals surface area contributed by atoms with Crippen LogP contribution in [0.25, 0.3) is 0 Å². The molecule has 15 atom stereocenters. The average Bonchev–Trinajstić information content (AvgIpc) is 0.862. The minimum absolute atomic E-state index is 0.0128.